The predicted molar refractivity (Wildman–Crippen MR) is 114 cm³/mol. The monoisotopic (exact) mass is 408 g/mol. The molecule has 29 heavy (non-hydrogen) atoms. The third-order valence-electron chi connectivity index (χ3n) is 4.71. The van der Waals surface area contributed by atoms with Crippen LogP contribution < -0.4 is 15.0 Å². The molecule has 6 nitrogen and oxygen atoms in total. The molecule has 1 fully saturated rings. The van der Waals surface area contributed by atoms with Crippen molar-refractivity contribution in [1.82, 2.24) is 10.2 Å². The Hall–Kier alpha value is -3.12. The average Bonchev–Trinajstić information content (AvgIpc) is 3.28. The molecule has 1 aromatic heterocycles. The minimum atomic E-state index is -0.243. The summed E-state index contributed by atoms with van der Waals surface area (Å²) < 4.78 is 5.45. The van der Waals surface area contributed by atoms with Gasteiger partial charge in [0.2, 0.25) is 0 Å². The molecule has 2 heterocycles. The van der Waals surface area contributed by atoms with Crippen LogP contribution in [0.15, 0.2) is 60.7 Å². The molecule has 1 N–H and O–H groups in total. The number of rotatable bonds is 6. The number of benzene rings is 2. The zero-order valence-corrected chi connectivity index (χ0v) is 16.6. The van der Waals surface area contributed by atoms with Gasteiger partial charge < -0.3 is 15.0 Å². The summed E-state index contributed by atoms with van der Waals surface area (Å²) >= 11 is 5.90. The summed E-state index contributed by atoms with van der Waals surface area (Å²) in [7, 11) is 0. The van der Waals surface area contributed by atoms with E-state index in [4.69, 9.17) is 16.3 Å². The van der Waals surface area contributed by atoms with Crippen molar-refractivity contribution in [2.45, 2.75) is 12.8 Å². The summed E-state index contributed by atoms with van der Waals surface area (Å²) in [5.41, 5.74) is 2.43. The van der Waals surface area contributed by atoms with Crippen LogP contribution in [0, 0.1) is 0 Å². The summed E-state index contributed by atoms with van der Waals surface area (Å²) in [6.45, 7) is 2.00. The first-order valence-corrected chi connectivity index (χ1v) is 9.92. The van der Waals surface area contributed by atoms with Gasteiger partial charge in [0.25, 0.3) is 5.91 Å². The molecule has 0 saturated carbocycles. The van der Waals surface area contributed by atoms with Crippen LogP contribution in [-0.2, 0) is 4.79 Å². The van der Waals surface area contributed by atoms with Gasteiger partial charge in [-0.05, 0) is 55.3 Å². The zero-order valence-electron chi connectivity index (χ0n) is 15.8. The van der Waals surface area contributed by atoms with E-state index in [0.29, 0.717) is 16.5 Å². The summed E-state index contributed by atoms with van der Waals surface area (Å²) in [4.78, 5) is 14.3. The molecule has 1 aliphatic heterocycles. The second-order valence-electron chi connectivity index (χ2n) is 6.84. The molecule has 0 aliphatic carbocycles. The SMILES string of the molecule is O=C(COc1cccc(Cl)c1)Nc1ccc(-c2ccc(N3CCCC3)nn2)cc1. The van der Waals surface area contributed by atoms with Gasteiger partial charge in [-0.1, -0.05) is 29.8 Å². The van der Waals surface area contributed by atoms with Gasteiger partial charge >= 0.3 is 0 Å². The van der Waals surface area contributed by atoms with Crippen molar-refractivity contribution in [3.63, 3.8) is 0 Å². The van der Waals surface area contributed by atoms with E-state index in [-0.39, 0.29) is 12.5 Å². The van der Waals surface area contributed by atoms with Gasteiger partial charge in [-0.25, -0.2) is 0 Å². The number of carbonyl (C=O) groups excluding carboxylic acids is 1. The first kappa shape index (κ1) is 19.2. The van der Waals surface area contributed by atoms with E-state index in [2.05, 4.69) is 20.4 Å². The number of hydrogen-bond donors (Lipinski definition) is 1. The molecule has 0 spiro atoms. The van der Waals surface area contributed by atoms with Crippen LogP contribution in [0.25, 0.3) is 11.3 Å². The highest BCUT2D eigenvalue weighted by atomic mass is 35.5. The fraction of sp³-hybridized carbons (Fsp3) is 0.227. The van der Waals surface area contributed by atoms with E-state index in [1.54, 1.807) is 24.3 Å². The van der Waals surface area contributed by atoms with E-state index in [0.717, 1.165) is 30.2 Å². The lowest BCUT2D eigenvalue weighted by Gasteiger charge is -2.15. The first-order chi connectivity index (χ1) is 14.2. The van der Waals surface area contributed by atoms with Gasteiger partial charge in [0.05, 0.1) is 5.69 Å². The normalized spacial score (nSPS) is 13.3. The molecule has 0 unspecified atom stereocenters. The Balaban J connectivity index is 1.33. The Morgan fingerprint density at radius 3 is 2.52 bits per heavy atom. The molecule has 7 heteroatoms. The van der Waals surface area contributed by atoms with Gasteiger partial charge in [0.1, 0.15) is 5.75 Å². The highest BCUT2D eigenvalue weighted by Crippen LogP contribution is 2.22. The zero-order chi connectivity index (χ0) is 20.1. The van der Waals surface area contributed by atoms with Gasteiger partial charge in [0, 0.05) is 29.4 Å². The van der Waals surface area contributed by atoms with Crippen molar-refractivity contribution in [3.8, 4) is 17.0 Å². The topological polar surface area (TPSA) is 67.3 Å². The number of anilines is 2. The lowest BCUT2D eigenvalue weighted by Crippen LogP contribution is -2.20. The Labute approximate surface area is 174 Å². The van der Waals surface area contributed by atoms with E-state index in [9.17, 15) is 4.79 Å². The quantitative estimate of drug-likeness (QED) is 0.654. The van der Waals surface area contributed by atoms with Gasteiger partial charge in [-0.3, -0.25) is 4.79 Å². The summed E-state index contributed by atoms with van der Waals surface area (Å²) in [6, 6.07) is 18.4. The standard InChI is InChI=1S/C22H21ClN4O2/c23-17-4-3-5-19(14-17)29-15-22(28)24-18-8-6-16(7-9-18)20-10-11-21(26-25-20)27-12-1-2-13-27/h3-11,14H,1-2,12-13,15H2,(H,24,28). The third kappa shape index (κ3) is 5.03. The molecule has 0 atom stereocenters. The molecule has 0 bridgehead atoms. The Bertz CT molecular complexity index is 971. The molecule has 3 aromatic rings. The number of amides is 1. The van der Waals surface area contributed by atoms with E-state index < -0.39 is 0 Å². The molecule has 2 aromatic carbocycles. The molecular formula is C22H21ClN4O2. The maximum absolute atomic E-state index is 12.1. The van der Waals surface area contributed by atoms with Crippen LogP contribution in [0.1, 0.15) is 12.8 Å². The molecule has 4 rings (SSSR count). The summed E-state index contributed by atoms with van der Waals surface area (Å²) in [5.74, 6) is 1.24. The molecular weight excluding hydrogens is 388 g/mol. The van der Waals surface area contributed by atoms with Crippen LogP contribution in [-0.4, -0.2) is 35.8 Å². The van der Waals surface area contributed by atoms with Crippen LogP contribution in [0.2, 0.25) is 5.02 Å². The van der Waals surface area contributed by atoms with Crippen LogP contribution in [0.5, 0.6) is 5.75 Å². The molecule has 1 amide bonds. The van der Waals surface area contributed by atoms with Crippen LogP contribution in [0.3, 0.4) is 0 Å². The van der Waals surface area contributed by atoms with E-state index in [1.807, 2.05) is 36.4 Å². The van der Waals surface area contributed by atoms with Crippen molar-refractivity contribution < 1.29 is 9.53 Å². The number of halogens is 1. The largest absolute Gasteiger partial charge is 0.484 e. The smallest absolute Gasteiger partial charge is 0.262 e. The molecule has 148 valence electrons. The maximum atomic E-state index is 12.1. The minimum Gasteiger partial charge on any atom is -0.484 e. The van der Waals surface area contributed by atoms with Crippen molar-refractivity contribution in [1.29, 1.82) is 0 Å². The number of carbonyl (C=O) groups is 1. The van der Waals surface area contributed by atoms with E-state index >= 15 is 0 Å². The second-order valence-corrected chi connectivity index (χ2v) is 7.28. The number of nitrogens with one attached hydrogen (secondary N) is 1. The van der Waals surface area contributed by atoms with Crippen molar-refractivity contribution in [2.24, 2.45) is 0 Å². The Morgan fingerprint density at radius 1 is 1.03 bits per heavy atom. The fourth-order valence-electron chi connectivity index (χ4n) is 3.22. The molecule has 1 aliphatic rings. The lowest BCUT2D eigenvalue weighted by atomic mass is 10.1. The van der Waals surface area contributed by atoms with Crippen LogP contribution >= 0.6 is 11.6 Å². The van der Waals surface area contributed by atoms with Crippen LogP contribution in [0.4, 0.5) is 11.5 Å². The molecule has 1 saturated heterocycles. The number of aromatic nitrogens is 2. The van der Waals surface area contributed by atoms with E-state index in [1.165, 1.54) is 12.8 Å². The Morgan fingerprint density at radius 2 is 1.83 bits per heavy atom. The second kappa shape index (κ2) is 8.92. The lowest BCUT2D eigenvalue weighted by molar-refractivity contribution is -0.118. The molecule has 0 radical (unpaired) electrons. The number of nitrogens with zero attached hydrogens (tertiary/aromatic N) is 3. The average molecular weight is 409 g/mol. The fourth-order valence-corrected chi connectivity index (χ4v) is 3.40. The summed E-state index contributed by atoms with van der Waals surface area (Å²) in [6.07, 6.45) is 2.42. The number of ether oxygens (including phenoxy) is 1. The number of hydrogen-bond acceptors (Lipinski definition) is 5. The third-order valence-corrected chi connectivity index (χ3v) is 4.95. The van der Waals surface area contributed by atoms with Gasteiger partial charge in [-0.15, -0.1) is 10.2 Å². The minimum absolute atomic E-state index is 0.0917. The summed E-state index contributed by atoms with van der Waals surface area (Å²) in [5, 5.41) is 12.1. The highest BCUT2D eigenvalue weighted by Gasteiger charge is 2.14. The predicted octanol–water partition coefficient (Wildman–Crippen LogP) is 4.41. The van der Waals surface area contributed by atoms with Gasteiger partial charge in [0.15, 0.2) is 12.4 Å². The van der Waals surface area contributed by atoms with Crippen molar-refractivity contribution in [3.05, 3.63) is 65.7 Å². The van der Waals surface area contributed by atoms with Gasteiger partial charge in [-0.2, -0.15) is 0 Å². The first-order valence-electron chi connectivity index (χ1n) is 9.55. The maximum Gasteiger partial charge on any atom is 0.262 e. The van der Waals surface area contributed by atoms with Crippen molar-refractivity contribution >= 4 is 29.0 Å². The highest BCUT2D eigenvalue weighted by molar-refractivity contribution is 6.30. The Kier molecular flexibility index (Phi) is 5.91. The van der Waals surface area contributed by atoms with Crippen molar-refractivity contribution in [2.75, 3.05) is 29.9 Å².